The average Bonchev–Trinajstić information content (AvgIpc) is 2.58. The van der Waals surface area contributed by atoms with E-state index in [9.17, 15) is 12.8 Å². The summed E-state index contributed by atoms with van der Waals surface area (Å²) in [7, 11) is -3.83. The SMILES string of the molecule is Cc1cc(S(=O)(=O)Nc2cc(F)ccc2N2CCCCC2)ccc1Cl. The second-order valence-electron chi connectivity index (χ2n) is 6.23. The Kier molecular flexibility index (Phi) is 5.20. The maximum atomic E-state index is 13.7. The van der Waals surface area contributed by atoms with Crippen molar-refractivity contribution in [2.45, 2.75) is 31.1 Å². The second kappa shape index (κ2) is 7.22. The van der Waals surface area contributed by atoms with Gasteiger partial charge >= 0.3 is 0 Å². The van der Waals surface area contributed by atoms with Crippen LogP contribution in [0.5, 0.6) is 0 Å². The van der Waals surface area contributed by atoms with Crippen molar-refractivity contribution in [2.24, 2.45) is 0 Å². The van der Waals surface area contributed by atoms with Gasteiger partial charge in [-0.15, -0.1) is 0 Å². The van der Waals surface area contributed by atoms with E-state index in [4.69, 9.17) is 11.6 Å². The number of hydrogen-bond acceptors (Lipinski definition) is 3. The van der Waals surface area contributed by atoms with E-state index in [1.165, 1.54) is 24.3 Å². The fraction of sp³-hybridized carbons (Fsp3) is 0.333. The van der Waals surface area contributed by atoms with Crippen LogP contribution in [0.25, 0.3) is 0 Å². The predicted octanol–water partition coefficient (Wildman–Crippen LogP) is 4.58. The Labute approximate surface area is 152 Å². The highest BCUT2D eigenvalue weighted by Crippen LogP contribution is 2.31. The van der Waals surface area contributed by atoms with Gasteiger partial charge in [0.15, 0.2) is 0 Å². The largest absolute Gasteiger partial charge is 0.370 e. The summed E-state index contributed by atoms with van der Waals surface area (Å²) in [6.45, 7) is 3.41. The molecule has 0 amide bonds. The van der Waals surface area contributed by atoms with Crippen LogP contribution in [0.15, 0.2) is 41.3 Å². The maximum absolute atomic E-state index is 13.7. The quantitative estimate of drug-likeness (QED) is 0.842. The Morgan fingerprint density at radius 1 is 1.08 bits per heavy atom. The molecule has 7 heteroatoms. The van der Waals surface area contributed by atoms with Crippen molar-refractivity contribution < 1.29 is 12.8 Å². The molecule has 0 aromatic heterocycles. The zero-order chi connectivity index (χ0) is 18.0. The van der Waals surface area contributed by atoms with Gasteiger partial charge < -0.3 is 4.90 Å². The molecule has 2 aromatic carbocycles. The van der Waals surface area contributed by atoms with Gasteiger partial charge in [0.2, 0.25) is 0 Å². The van der Waals surface area contributed by atoms with Gasteiger partial charge in [0.25, 0.3) is 10.0 Å². The highest BCUT2D eigenvalue weighted by atomic mass is 35.5. The van der Waals surface area contributed by atoms with Gasteiger partial charge in [0.1, 0.15) is 5.82 Å². The van der Waals surface area contributed by atoms with E-state index >= 15 is 0 Å². The first-order valence-electron chi connectivity index (χ1n) is 8.20. The van der Waals surface area contributed by atoms with Gasteiger partial charge in [-0.25, -0.2) is 12.8 Å². The van der Waals surface area contributed by atoms with Crippen molar-refractivity contribution in [2.75, 3.05) is 22.7 Å². The van der Waals surface area contributed by atoms with Gasteiger partial charge in [0.05, 0.1) is 16.3 Å². The lowest BCUT2D eigenvalue weighted by Gasteiger charge is -2.30. The first-order chi connectivity index (χ1) is 11.9. The van der Waals surface area contributed by atoms with Gasteiger partial charge in [0, 0.05) is 24.2 Å². The molecule has 0 atom stereocenters. The molecule has 0 saturated carbocycles. The molecule has 1 aliphatic rings. The van der Waals surface area contributed by atoms with E-state index in [2.05, 4.69) is 9.62 Å². The van der Waals surface area contributed by atoms with Crippen molar-refractivity contribution in [1.82, 2.24) is 0 Å². The number of benzene rings is 2. The summed E-state index contributed by atoms with van der Waals surface area (Å²) in [4.78, 5) is 2.19. The number of piperidine rings is 1. The van der Waals surface area contributed by atoms with Crippen LogP contribution in [0.2, 0.25) is 5.02 Å². The summed E-state index contributed by atoms with van der Waals surface area (Å²) in [5.41, 5.74) is 1.63. The van der Waals surface area contributed by atoms with E-state index < -0.39 is 15.8 Å². The van der Waals surface area contributed by atoms with E-state index in [0.717, 1.165) is 32.4 Å². The molecule has 4 nitrogen and oxygen atoms in total. The van der Waals surface area contributed by atoms with E-state index in [-0.39, 0.29) is 10.6 Å². The molecule has 0 unspecified atom stereocenters. The molecule has 3 rings (SSSR count). The molecule has 0 bridgehead atoms. The summed E-state index contributed by atoms with van der Waals surface area (Å²) in [6.07, 6.45) is 3.24. The fourth-order valence-electron chi connectivity index (χ4n) is 2.99. The van der Waals surface area contributed by atoms with Crippen LogP contribution in [0.3, 0.4) is 0 Å². The lowest BCUT2D eigenvalue weighted by Crippen LogP contribution is -2.30. The Bertz CT molecular complexity index is 881. The highest BCUT2D eigenvalue weighted by molar-refractivity contribution is 7.92. The molecule has 134 valence electrons. The van der Waals surface area contributed by atoms with Crippen LogP contribution in [0, 0.1) is 12.7 Å². The van der Waals surface area contributed by atoms with Crippen LogP contribution in [-0.2, 0) is 10.0 Å². The van der Waals surface area contributed by atoms with Gasteiger partial charge in [-0.2, -0.15) is 0 Å². The molecule has 1 fully saturated rings. The summed E-state index contributed by atoms with van der Waals surface area (Å²) in [5.74, 6) is -0.481. The first kappa shape index (κ1) is 18.0. The number of aryl methyl sites for hydroxylation is 1. The smallest absolute Gasteiger partial charge is 0.261 e. The van der Waals surface area contributed by atoms with Gasteiger partial charge in [-0.1, -0.05) is 11.6 Å². The number of nitrogens with one attached hydrogen (secondary N) is 1. The summed E-state index contributed by atoms with van der Waals surface area (Å²) in [5, 5.41) is 0.499. The lowest BCUT2D eigenvalue weighted by molar-refractivity contribution is 0.577. The molecule has 1 heterocycles. The minimum Gasteiger partial charge on any atom is -0.370 e. The van der Waals surface area contributed by atoms with Crippen molar-refractivity contribution in [1.29, 1.82) is 0 Å². The molecule has 2 aromatic rings. The fourth-order valence-corrected chi connectivity index (χ4v) is 4.26. The normalized spacial score (nSPS) is 15.2. The van der Waals surface area contributed by atoms with E-state index in [1.807, 2.05) is 0 Å². The molecule has 1 N–H and O–H groups in total. The predicted molar refractivity (Wildman–Crippen MR) is 99.5 cm³/mol. The zero-order valence-electron chi connectivity index (χ0n) is 13.9. The van der Waals surface area contributed by atoms with Crippen LogP contribution in [-0.4, -0.2) is 21.5 Å². The van der Waals surface area contributed by atoms with Crippen molar-refractivity contribution >= 4 is 33.0 Å². The first-order valence-corrected chi connectivity index (χ1v) is 10.1. The molecule has 0 radical (unpaired) electrons. The second-order valence-corrected chi connectivity index (χ2v) is 8.32. The Hall–Kier alpha value is -1.79. The van der Waals surface area contributed by atoms with Crippen LogP contribution < -0.4 is 9.62 Å². The molecule has 0 aliphatic carbocycles. The zero-order valence-corrected chi connectivity index (χ0v) is 15.5. The number of anilines is 2. The topological polar surface area (TPSA) is 49.4 Å². The Morgan fingerprint density at radius 3 is 2.48 bits per heavy atom. The van der Waals surface area contributed by atoms with Crippen molar-refractivity contribution in [3.05, 3.63) is 52.8 Å². The van der Waals surface area contributed by atoms with E-state index in [1.54, 1.807) is 19.1 Å². The van der Waals surface area contributed by atoms with E-state index in [0.29, 0.717) is 16.3 Å². The third kappa shape index (κ3) is 4.07. The summed E-state index contributed by atoms with van der Waals surface area (Å²) in [6, 6.07) is 8.70. The Balaban J connectivity index is 1.95. The molecule has 1 saturated heterocycles. The average molecular weight is 383 g/mol. The molecular weight excluding hydrogens is 363 g/mol. The highest BCUT2D eigenvalue weighted by Gasteiger charge is 2.20. The number of halogens is 2. The van der Waals surface area contributed by atoms with Crippen LogP contribution in [0.1, 0.15) is 24.8 Å². The third-order valence-corrected chi connectivity index (χ3v) is 6.13. The van der Waals surface area contributed by atoms with Crippen molar-refractivity contribution in [3.8, 4) is 0 Å². The number of hydrogen-bond donors (Lipinski definition) is 1. The van der Waals surface area contributed by atoms with Crippen LogP contribution in [0.4, 0.5) is 15.8 Å². The maximum Gasteiger partial charge on any atom is 0.261 e. The minimum atomic E-state index is -3.83. The number of rotatable bonds is 4. The summed E-state index contributed by atoms with van der Waals surface area (Å²) >= 11 is 5.97. The minimum absolute atomic E-state index is 0.100. The monoisotopic (exact) mass is 382 g/mol. The molecular formula is C18H20ClFN2O2S. The third-order valence-electron chi connectivity index (χ3n) is 4.34. The lowest BCUT2D eigenvalue weighted by atomic mass is 10.1. The van der Waals surface area contributed by atoms with Crippen LogP contribution >= 0.6 is 11.6 Å². The summed E-state index contributed by atoms with van der Waals surface area (Å²) < 4.78 is 41.7. The standard InChI is InChI=1S/C18H20ClFN2O2S/c1-13-11-15(6-7-16(13)19)25(23,24)21-17-12-14(20)5-8-18(17)22-9-3-2-4-10-22/h5-8,11-12,21H,2-4,9-10H2,1H3. The number of nitrogens with zero attached hydrogens (tertiary/aromatic N) is 1. The Morgan fingerprint density at radius 2 is 1.80 bits per heavy atom. The molecule has 25 heavy (non-hydrogen) atoms. The molecule has 0 spiro atoms. The van der Waals surface area contributed by atoms with Gasteiger partial charge in [-0.3, -0.25) is 4.72 Å². The van der Waals surface area contributed by atoms with Gasteiger partial charge in [-0.05, 0) is 62.1 Å². The molecule has 1 aliphatic heterocycles. The number of sulfonamides is 1. The van der Waals surface area contributed by atoms with Crippen molar-refractivity contribution in [3.63, 3.8) is 0 Å².